The van der Waals surface area contributed by atoms with Gasteiger partial charge >= 0.3 is 11.9 Å². The molecule has 0 aromatic heterocycles. The Morgan fingerprint density at radius 2 is 1.74 bits per heavy atom. The molecule has 1 rings (SSSR count). The number of ether oxygens (including phenoxy) is 3. The molecule has 0 radical (unpaired) electrons. The fourth-order valence-corrected chi connectivity index (χ4v) is 1.95. The maximum atomic E-state index is 12.2. The Kier molecular flexibility index (Phi) is 9.66. The molecular weight excluding hydrogens is 300 g/mol. The van der Waals surface area contributed by atoms with E-state index in [1.165, 1.54) is 7.11 Å². The topological polar surface area (TPSA) is 82.1 Å². The standard InChI is InChI=1S/C17H24O6/c1-21-11-12-22-16(19)15(9-5-6-10-18)17(20)23-13-14-7-3-2-4-8-14/h2-4,7-8,15,18H,5-6,9-13H2,1H3. The summed E-state index contributed by atoms with van der Waals surface area (Å²) in [5.74, 6) is -2.19. The van der Waals surface area contributed by atoms with Crippen molar-refractivity contribution in [3.05, 3.63) is 35.9 Å². The molecule has 0 saturated heterocycles. The Hall–Kier alpha value is -1.92. The Labute approximate surface area is 136 Å². The van der Waals surface area contributed by atoms with Crippen molar-refractivity contribution in [2.45, 2.75) is 25.9 Å². The maximum Gasteiger partial charge on any atom is 0.320 e. The lowest BCUT2D eigenvalue weighted by Crippen LogP contribution is -2.29. The summed E-state index contributed by atoms with van der Waals surface area (Å²) < 4.78 is 15.0. The molecule has 1 unspecified atom stereocenters. The Morgan fingerprint density at radius 1 is 1.04 bits per heavy atom. The quantitative estimate of drug-likeness (QED) is 0.379. The van der Waals surface area contributed by atoms with Gasteiger partial charge in [0.2, 0.25) is 0 Å². The summed E-state index contributed by atoms with van der Waals surface area (Å²) in [6, 6.07) is 9.24. The predicted molar refractivity (Wildman–Crippen MR) is 83.5 cm³/mol. The Bertz CT molecular complexity index is 459. The van der Waals surface area contributed by atoms with Crippen molar-refractivity contribution >= 4 is 11.9 Å². The molecule has 0 aliphatic rings. The van der Waals surface area contributed by atoms with Gasteiger partial charge in [-0.3, -0.25) is 9.59 Å². The van der Waals surface area contributed by atoms with Gasteiger partial charge in [-0.15, -0.1) is 0 Å². The van der Waals surface area contributed by atoms with Crippen molar-refractivity contribution in [1.29, 1.82) is 0 Å². The van der Waals surface area contributed by atoms with Gasteiger partial charge in [0.15, 0.2) is 5.92 Å². The molecule has 0 spiro atoms. The Balaban J connectivity index is 2.54. The van der Waals surface area contributed by atoms with Crippen LogP contribution in [0.25, 0.3) is 0 Å². The lowest BCUT2D eigenvalue weighted by molar-refractivity contribution is -0.164. The SMILES string of the molecule is COCCOC(=O)C(CCCCO)C(=O)OCc1ccccc1. The van der Waals surface area contributed by atoms with Crippen molar-refractivity contribution in [2.75, 3.05) is 26.9 Å². The van der Waals surface area contributed by atoms with Gasteiger partial charge in [0.1, 0.15) is 13.2 Å². The van der Waals surface area contributed by atoms with Crippen LogP contribution >= 0.6 is 0 Å². The number of esters is 2. The van der Waals surface area contributed by atoms with Crippen molar-refractivity contribution in [3.63, 3.8) is 0 Å². The second-order valence-electron chi connectivity index (χ2n) is 5.03. The molecule has 0 bridgehead atoms. The molecule has 23 heavy (non-hydrogen) atoms. The fraction of sp³-hybridized carbons (Fsp3) is 0.529. The molecule has 0 aliphatic carbocycles. The van der Waals surface area contributed by atoms with Gasteiger partial charge in [-0.2, -0.15) is 0 Å². The summed E-state index contributed by atoms with van der Waals surface area (Å²) >= 11 is 0. The number of unbranched alkanes of at least 4 members (excludes halogenated alkanes) is 1. The third kappa shape index (κ3) is 7.76. The molecule has 6 nitrogen and oxygen atoms in total. The lowest BCUT2D eigenvalue weighted by atomic mass is 10.0. The van der Waals surface area contributed by atoms with Crippen molar-refractivity contribution in [3.8, 4) is 0 Å². The summed E-state index contributed by atoms with van der Waals surface area (Å²) in [4.78, 5) is 24.2. The Morgan fingerprint density at radius 3 is 2.39 bits per heavy atom. The highest BCUT2D eigenvalue weighted by molar-refractivity contribution is 5.94. The van der Waals surface area contributed by atoms with Crippen molar-refractivity contribution in [1.82, 2.24) is 0 Å². The second-order valence-corrected chi connectivity index (χ2v) is 5.03. The first kappa shape index (κ1) is 19.1. The maximum absolute atomic E-state index is 12.2. The van der Waals surface area contributed by atoms with Gasteiger partial charge in [0.25, 0.3) is 0 Å². The number of carbonyl (C=O) groups excluding carboxylic acids is 2. The van der Waals surface area contributed by atoms with Crippen LogP contribution in [-0.2, 0) is 30.4 Å². The van der Waals surface area contributed by atoms with E-state index in [4.69, 9.17) is 19.3 Å². The molecule has 0 saturated carbocycles. The summed E-state index contributed by atoms with van der Waals surface area (Å²) in [6.07, 6.45) is 1.36. The van der Waals surface area contributed by atoms with E-state index in [0.717, 1.165) is 5.56 Å². The summed E-state index contributed by atoms with van der Waals surface area (Å²) in [6.45, 7) is 0.498. The van der Waals surface area contributed by atoms with Crippen LogP contribution < -0.4 is 0 Å². The third-order valence-electron chi connectivity index (χ3n) is 3.23. The van der Waals surface area contributed by atoms with E-state index in [9.17, 15) is 9.59 Å². The van der Waals surface area contributed by atoms with Gasteiger partial charge in [-0.1, -0.05) is 30.3 Å². The minimum atomic E-state index is -0.970. The van der Waals surface area contributed by atoms with Gasteiger partial charge < -0.3 is 19.3 Å². The highest BCUT2D eigenvalue weighted by Gasteiger charge is 2.29. The van der Waals surface area contributed by atoms with Crippen LogP contribution in [-0.4, -0.2) is 44.0 Å². The first-order chi connectivity index (χ1) is 11.2. The summed E-state index contributed by atoms with van der Waals surface area (Å²) in [7, 11) is 1.50. The lowest BCUT2D eigenvalue weighted by Gasteiger charge is -2.15. The number of methoxy groups -OCH3 is 1. The van der Waals surface area contributed by atoms with Crippen molar-refractivity contribution in [2.24, 2.45) is 5.92 Å². The number of aliphatic hydroxyl groups excluding tert-OH is 1. The van der Waals surface area contributed by atoms with Gasteiger partial charge in [-0.25, -0.2) is 0 Å². The van der Waals surface area contributed by atoms with E-state index in [2.05, 4.69) is 0 Å². The zero-order chi connectivity index (χ0) is 16.9. The number of benzene rings is 1. The van der Waals surface area contributed by atoms with E-state index in [1.54, 1.807) is 0 Å². The molecule has 0 aliphatic heterocycles. The van der Waals surface area contributed by atoms with Crippen LogP contribution in [0.15, 0.2) is 30.3 Å². The summed E-state index contributed by atoms with van der Waals surface area (Å²) in [5, 5.41) is 8.83. The van der Waals surface area contributed by atoms with Crippen LogP contribution in [0.3, 0.4) is 0 Å². The van der Waals surface area contributed by atoms with Crippen molar-refractivity contribution < 1.29 is 28.9 Å². The summed E-state index contributed by atoms with van der Waals surface area (Å²) in [5.41, 5.74) is 0.850. The van der Waals surface area contributed by atoms with Crippen LogP contribution in [0.1, 0.15) is 24.8 Å². The largest absolute Gasteiger partial charge is 0.463 e. The number of rotatable bonds is 11. The molecule has 128 valence electrons. The molecule has 1 aromatic carbocycles. The smallest absolute Gasteiger partial charge is 0.320 e. The average Bonchev–Trinajstić information content (AvgIpc) is 2.57. The van der Waals surface area contributed by atoms with Crippen LogP contribution in [0.5, 0.6) is 0 Å². The molecule has 1 atom stereocenters. The average molecular weight is 324 g/mol. The molecule has 1 N–H and O–H groups in total. The van der Waals surface area contributed by atoms with Crippen LogP contribution in [0, 0.1) is 5.92 Å². The van der Waals surface area contributed by atoms with E-state index in [-0.39, 0.29) is 26.4 Å². The number of hydrogen-bond donors (Lipinski definition) is 1. The normalized spacial score (nSPS) is 11.7. The molecule has 0 amide bonds. The molecule has 0 heterocycles. The monoisotopic (exact) mass is 324 g/mol. The van der Waals surface area contributed by atoms with Crippen LogP contribution in [0.4, 0.5) is 0 Å². The number of carbonyl (C=O) groups is 2. The third-order valence-corrected chi connectivity index (χ3v) is 3.23. The number of aliphatic hydroxyl groups is 1. The van der Waals surface area contributed by atoms with E-state index in [1.807, 2.05) is 30.3 Å². The minimum Gasteiger partial charge on any atom is -0.463 e. The highest BCUT2D eigenvalue weighted by Crippen LogP contribution is 2.14. The molecule has 0 fully saturated rings. The first-order valence-corrected chi connectivity index (χ1v) is 7.66. The minimum absolute atomic E-state index is 0.0184. The predicted octanol–water partition coefficient (Wildman–Crippen LogP) is 1.70. The van der Waals surface area contributed by atoms with E-state index in [0.29, 0.717) is 19.3 Å². The second kappa shape index (κ2) is 11.6. The van der Waals surface area contributed by atoms with Gasteiger partial charge in [0, 0.05) is 13.7 Å². The van der Waals surface area contributed by atoms with E-state index >= 15 is 0 Å². The first-order valence-electron chi connectivity index (χ1n) is 7.66. The van der Waals surface area contributed by atoms with Gasteiger partial charge in [0.05, 0.1) is 6.61 Å². The number of hydrogen-bond acceptors (Lipinski definition) is 6. The van der Waals surface area contributed by atoms with Gasteiger partial charge in [-0.05, 0) is 24.8 Å². The molecule has 6 heteroatoms. The molecule has 1 aromatic rings. The molecular formula is C17H24O6. The highest BCUT2D eigenvalue weighted by atomic mass is 16.6. The van der Waals surface area contributed by atoms with E-state index < -0.39 is 17.9 Å². The zero-order valence-electron chi connectivity index (χ0n) is 13.4. The van der Waals surface area contributed by atoms with Crippen LogP contribution in [0.2, 0.25) is 0 Å². The zero-order valence-corrected chi connectivity index (χ0v) is 13.4. The fourth-order valence-electron chi connectivity index (χ4n) is 1.95.